The van der Waals surface area contributed by atoms with Gasteiger partial charge in [-0.2, -0.15) is 0 Å². The van der Waals surface area contributed by atoms with Crippen molar-refractivity contribution < 1.29 is 13.2 Å². The van der Waals surface area contributed by atoms with E-state index in [4.69, 9.17) is 23.2 Å². The van der Waals surface area contributed by atoms with Crippen LogP contribution in [0.4, 0.5) is 11.4 Å². The van der Waals surface area contributed by atoms with Crippen molar-refractivity contribution in [1.29, 1.82) is 0 Å². The number of carbonyl (C=O) groups is 1. The molecule has 3 rings (SSSR count). The summed E-state index contributed by atoms with van der Waals surface area (Å²) in [7, 11) is -3.37. The highest BCUT2D eigenvalue weighted by Crippen LogP contribution is 2.28. The smallest absolute Gasteiger partial charge is 0.255 e. The van der Waals surface area contributed by atoms with Crippen LogP contribution in [0.5, 0.6) is 0 Å². The molecule has 0 aliphatic carbocycles. The Kier molecular flexibility index (Phi) is 5.22. The van der Waals surface area contributed by atoms with Crippen molar-refractivity contribution in [2.24, 2.45) is 0 Å². The summed E-state index contributed by atoms with van der Waals surface area (Å²) < 4.78 is 25.9. The molecule has 1 amide bonds. The fourth-order valence-corrected chi connectivity index (χ4v) is 4.74. The van der Waals surface area contributed by atoms with Crippen LogP contribution in [0.3, 0.4) is 0 Å². The van der Waals surface area contributed by atoms with E-state index in [0.717, 1.165) is 6.42 Å². The van der Waals surface area contributed by atoms with E-state index in [2.05, 4.69) is 5.32 Å². The summed E-state index contributed by atoms with van der Waals surface area (Å²) in [6.45, 7) is 0.387. The van der Waals surface area contributed by atoms with Gasteiger partial charge >= 0.3 is 0 Å². The zero-order valence-corrected chi connectivity index (χ0v) is 15.5. The number of nitrogens with zero attached hydrogens (tertiary/aromatic N) is 1. The number of halogens is 2. The fourth-order valence-electron chi connectivity index (χ4n) is 2.70. The van der Waals surface area contributed by atoms with Crippen LogP contribution in [0.15, 0.2) is 42.5 Å². The van der Waals surface area contributed by atoms with E-state index in [1.165, 1.54) is 16.4 Å². The quantitative estimate of drug-likeness (QED) is 0.842. The molecule has 25 heavy (non-hydrogen) atoms. The van der Waals surface area contributed by atoms with Crippen LogP contribution in [0, 0.1) is 0 Å². The maximum absolute atomic E-state index is 12.5. The SMILES string of the molecule is O=C(Nc1cccc(Cl)c1)c1cc(Cl)cc(N2CCCCS2(=O)=O)c1. The van der Waals surface area contributed by atoms with Gasteiger partial charge in [-0.1, -0.05) is 29.3 Å². The van der Waals surface area contributed by atoms with E-state index in [-0.39, 0.29) is 17.2 Å². The number of anilines is 2. The van der Waals surface area contributed by atoms with E-state index < -0.39 is 10.0 Å². The van der Waals surface area contributed by atoms with Gasteiger partial charge in [0.25, 0.3) is 5.91 Å². The van der Waals surface area contributed by atoms with E-state index in [1.807, 2.05) is 0 Å². The standard InChI is InChI=1S/C17H16Cl2N2O3S/c18-13-4-3-5-15(10-13)20-17(22)12-8-14(19)11-16(9-12)21-6-1-2-7-25(21,23)24/h3-5,8-11H,1-2,6-7H2,(H,20,22). The van der Waals surface area contributed by atoms with Gasteiger partial charge < -0.3 is 5.32 Å². The Labute approximate surface area is 156 Å². The molecule has 1 aliphatic heterocycles. The lowest BCUT2D eigenvalue weighted by molar-refractivity contribution is 0.102. The molecule has 1 N–H and O–H groups in total. The minimum atomic E-state index is -3.37. The monoisotopic (exact) mass is 398 g/mol. The van der Waals surface area contributed by atoms with Gasteiger partial charge in [-0.25, -0.2) is 8.42 Å². The number of hydrogen-bond donors (Lipinski definition) is 1. The Balaban J connectivity index is 1.90. The van der Waals surface area contributed by atoms with Crippen LogP contribution in [0.1, 0.15) is 23.2 Å². The Morgan fingerprint density at radius 2 is 1.84 bits per heavy atom. The molecule has 8 heteroatoms. The number of benzene rings is 2. The van der Waals surface area contributed by atoms with Crippen LogP contribution in [0.2, 0.25) is 10.0 Å². The molecule has 132 valence electrons. The maximum Gasteiger partial charge on any atom is 0.255 e. The summed E-state index contributed by atoms with van der Waals surface area (Å²) in [6, 6.07) is 11.4. The molecule has 0 atom stereocenters. The lowest BCUT2D eigenvalue weighted by atomic mass is 10.1. The molecule has 5 nitrogen and oxygen atoms in total. The minimum absolute atomic E-state index is 0.101. The third-order valence-corrected chi connectivity index (χ3v) is 6.19. The molecule has 0 bridgehead atoms. The van der Waals surface area contributed by atoms with Crippen LogP contribution in [-0.4, -0.2) is 26.6 Å². The van der Waals surface area contributed by atoms with Crippen molar-refractivity contribution >= 4 is 50.5 Å². The molecule has 1 fully saturated rings. The third kappa shape index (κ3) is 4.26. The highest BCUT2D eigenvalue weighted by molar-refractivity contribution is 7.92. The van der Waals surface area contributed by atoms with E-state index in [9.17, 15) is 13.2 Å². The number of rotatable bonds is 3. The Morgan fingerprint density at radius 3 is 2.56 bits per heavy atom. The molecular weight excluding hydrogens is 383 g/mol. The lowest BCUT2D eigenvalue weighted by Crippen LogP contribution is -2.38. The molecule has 1 saturated heterocycles. The second-order valence-corrected chi connectivity index (χ2v) is 8.64. The highest BCUT2D eigenvalue weighted by atomic mass is 35.5. The second kappa shape index (κ2) is 7.23. The second-order valence-electron chi connectivity index (χ2n) is 5.76. The van der Waals surface area contributed by atoms with Crippen molar-refractivity contribution in [3.8, 4) is 0 Å². The number of carbonyl (C=O) groups excluding carboxylic acids is 1. The molecular formula is C17H16Cl2N2O3S. The molecule has 0 unspecified atom stereocenters. The first-order valence-electron chi connectivity index (χ1n) is 7.73. The van der Waals surface area contributed by atoms with Gasteiger partial charge in [-0.15, -0.1) is 0 Å². The van der Waals surface area contributed by atoms with Crippen molar-refractivity contribution in [3.05, 3.63) is 58.1 Å². The Morgan fingerprint density at radius 1 is 1.04 bits per heavy atom. The predicted molar refractivity (Wildman–Crippen MR) is 101 cm³/mol. The molecule has 2 aromatic carbocycles. The summed E-state index contributed by atoms with van der Waals surface area (Å²) in [5.41, 5.74) is 1.23. The number of amides is 1. The molecule has 0 radical (unpaired) electrons. The molecule has 2 aromatic rings. The van der Waals surface area contributed by atoms with Crippen molar-refractivity contribution in [2.45, 2.75) is 12.8 Å². The lowest BCUT2D eigenvalue weighted by Gasteiger charge is -2.28. The van der Waals surface area contributed by atoms with E-state index in [1.54, 1.807) is 30.3 Å². The van der Waals surface area contributed by atoms with Gasteiger partial charge in [0.05, 0.1) is 11.4 Å². The van der Waals surface area contributed by atoms with Crippen LogP contribution >= 0.6 is 23.2 Å². The number of nitrogens with one attached hydrogen (secondary N) is 1. The van der Waals surface area contributed by atoms with Crippen LogP contribution in [0.25, 0.3) is 0 Å². The summed E-state index contributed by atoms with van der Waals surface area (Å²) in [5.74, 6) is -0.288. The van der Waals surface area contributed by atoms with E-state index >= 15 is 0 Å². The Hall–Kier alpha value is -1.76. The Bertz CT molecular complexity index is 916. The normalized spacial score (nSPS) is 16.5. The fraction of sp³-hybridized carbons (Fsp3) is 0.235. The summed E-state index contributed by atoms with van der Waals surface area (Å²) >= 11 is 12.0. The van der Waals surface area contributed by atoms with E-state index in [0.29, 0.717) is 34.4 Å². The summed E-state index contributed by atoms with van der Waals surface area (Å²) in [5, 5.41) is 3.53. The van der Waals surface area contributed by atoms with Gasteiger partial charge in [0.15, 0.2) is 0 Å². The molecule has 1 heterocycles. The number of hydrogen-bond acceptors (Lipinski definition) is 3. The molecule has 0 spiro atoms. The highest BCUT2D eigenvalue weighted by Gasteiger charge is 2.27. The molecule has 0 saturated carbocycles. The first-order valence-corrected chi connectivity index (χ1v) is 10.1. The van der Waals surface area contributed by atoms with Gasteiger partial charge in [0.1, 0.15) is 0 Å². The minimum Gasteiger partial charge on any atom is -0.322 e. The summed E-state index contributed by atoms with van der Waals surface area (Å²) in [4.78, 5) is 12.5. The third-order valence-electron chi connectivity index (χ3n) is 3.86. The predicted octanol–water partition coefficient (Wildman–Crippen LogP) is 4.18. The largest absolute Gasteiger partial charge is 0.322 e. The average molecular weight is 399 g/mol. The van der Waals surface area contributed by atoms with Gasteiger partial charge in [-0.3, -0.25) is 9.10 Å². The summed E-state index contributed by atoms with van der Waals surface area (Å²) in [6.07, 6.45) is 1.41. The first kappa shape index (κ1) is 18.0. The topological polar surface area (TPSA) is 66.5 Å². The van der Waals surface area contributed by atoms with Crippen LogP contribution in [-0.2, 0) is 10.0 Å². The van der Waals surface area contributed by atoms with Crippen molar-refractivity contribution in [3.63, 3.8) is 0 Å². The maximum atomic E-state index is 12.5. The zero-order valence-electron chi connectivity index (χ0n) is 13.2. The van der Waals surface area contributed by atoms with Crippen LogP contribution < -0.4 is 9.62 Å². The van der Waals surface area contributed by atoms with Gasteiger partial charge in [0, 0.05) is 27.8 Å². The zero-order chi connectivity index (χ0) is 18.0. The van der Waals surface area contributed by atoms with Crippen molar-refractivity contribution in [1.82, 2.24) is 0 Å². The van der Waals surface area contributed by atoms with Gasteiger partial charge in [0.2, 0.25) is 10.0 Å². The molecule has 0 aromatic heterocycles. The average Bonchev–Trinajstić information content (AvgIpc) is 2.53. The van der Waals surface area contributed by atoms with Crippen molar-refractivity contribution in [2.75, 3.05) is 21.9 Å². The first-order chi connectivity index (χ1) is 11.8. The number of sulfonamides is 1. The molecule has 1 aliphatic rings. The van der Waals surface area contributed by atoms with Gasteiger partial charge in [-0.05, 0) is 49.2 Å².